The first-order valence-electron chi connectivity index (χ1n) is 5.66. The van der Waals surface area contributed by atoms with E-state index >= 15 is 0 Å². The van der Waals surface area contributed by atoms with Crippen molar-refractivity contribution in [1.82, 2.24) is 14.5 Å². The number of amides is 1. The van der Waals surface area contributed by atoms with Gasteiger partial charge in [-0.2, -0.15) is 0 Å². The van der Waals surface area contributed by atoms with E-state index in [9.17, 15) is 9.18 Å². The number of hydrogen-bond acceptors (Lipinski definition) is 3. The summed E-state index contributed by atoms with van der Waals surface area (Å²) in [5.74, 6) is -0.261. The van der Waals surface area contributed by atoms with Crippen molar-refractivity contribution in [3.8, 4) is 0 Å². The molecule has 0 aliphatic rings. The molecule has 5 nitrogen and oxygen atoms in total. The van der Waals surface area contributed by atoms with E-state index in [2.05, 4.69) is 4.98 Å². The summed E-state index contributed by atoms with van der Waals surface area (Å²) in [5.41, 5.74) is 6.96. The van der Waals surface area contributed by atoms with Gasteiger partial charge in [-0.25, -0.2) is 9.37 Å². The molecule has 2 aromatic rings. The summed E-state index contributed by atoms with van der Waals surface area (Å²) in [7, 11) is 3.33. The van der Waals surface area contributed by atoms with Crippen LogP contribution in [0.25, 0.3) is 11.0 Å². The molecule has 2 N–H and O–H groups in total. The highest BCUT2D eigenvalue weighted by Gasteiger charge is 2.22. The molecule has 0 radical (unpaired) electrons. The van der Waals surface area contributed by atoms with E-state index < -0.39 is 6.04 Å². The van der Waals surface area contributed by atoms with Gasteiger partial charge in [0.15, 0.2) is 0 Å². The van der Waals surface area contributed by atoms with Gasteiger partial charge < -0.3 is 10.6 Å². The second kappa shape index (κ2) is 4.95. The average Bonchev–Trinajstić information content (AvgIpc) is 2.63. The monoisotopic (exact) mass is 376 g/mol. The third kappa shape index (κ3) is 2.38. The fourth-order valence-electron chi connectivity index (χ4n) is 2.00. The molecule has 7 heteroatoms. The van der Waals surface area contributed by atoms with Gasteiger partial charge >= 0.3 is 0 Å². The molecule has 1 aromatic heterocycles. The maximum absolute atomic E-state index is 13.7. The van der Waals surface area contributed by atoms with Crippen LogP contribution in [0.4, 0.5) is 10.3 Å². The Morgan fingerprint density at radius 2 is 2.16 bits per heavy atom. The smallest absolute Gasteiger partial charge is 0.244 e. The van der Waals surface area contributed by atoms with Gasteiger partial charge in [-0.15, -0.1) is 0 Å². The van der Waals surface area contributed by atoms with Crippen LogP contribution in [0.5, 0.6) is 0 Å². The lowest BCUT2D eigenvalue weighted by Gasteiger charge is -2.19. The number of carbonyl (C=O) groups excluding carboxylic acids is 1. The van der Waals surface area contributed by atoms with Crippen molar-refractivity contribution in [1.29, 1.82) is 0 Å². The highest BCUT2D eigenvalue weighted by atomic mass is 127. The molecule has 1 aromatic carbocycles. The van der Waals surface area contributed by atoms with E-state index in [1.165, 1.54) is 11.0 Å². The Morgan fingerprint density at radius 3 is 2.74 bits per heavy atom. The molecule has 102 valence electrons. The molecule has 1 heterocycles. The highest BCUT2D eigenvalue weighted by Crippen LogP contribution is 2.26. The van der Waals surface area contributed by atoms with Crippen molar-refractivity contribution < 1.29 is 9.18 Å². The number of imidazole rings is 1. The molecule has 1 amide bonds. The molecule has 19 heavy (non-hydrogen) atoms. The normalized spacial score (nSPS) is 12.7. The average molecular weight is 376 g/mol. The molecule has 1 unspecified atom stereocenters. The van der Waals surface area contributed by atoms with Gasteiger partial charge in [-0.1, -0.05) is 0 Å². The van der Waals surface area contributed by atoms with Crippen molar-refractivity contribution in [2.24, 2.45) is 0 Å². The van der Waals surface area contributed by atoms with Crippen molar-refractivity contribution in [2.75, 3.05) is 19.8 Å². The van der Waals surface area contributed by atoms with Crippen molar-refractivity contribution >= 4 is 45.5 Å². The quantitative estimate of drug-likeness (QED) is 0.816. The molecule has 0 saturated heterocycles. The van der Waals surface area contributed by atoms with E-state index in [0.29, 0.717) is 14.6 Å². The fourth-order valence-corrected chi connectivity index (χ4v) is 2.45. The molecule has 0 bridgehead atoms. The first-order chi connectivity index (χ1) is 8.82. The maximum atomic E-state index is 13.7. The summed E-state index contributed by atoms with van der Waals surface area (Å²) in [6.07, 6.45) is 0. The second-order valence-corrected chi connectivity index (χ2v) is 5.67. The molecule has 0 spiro atoms. The van der Waals surface area contributed by atoms with Crippen LogP contribution in [0.2, 0.25) is 0 Å². The van der Waals surface area contributed by atoms with Crippen molar-refractivity contribution in [3.63, 3.8) is 0 Å². The molecular weight excluding hydrogens is 362 g/mol. The standard InChI is InChI=1S/C12H14FIN4O/c1-6(11(19)17(2)3)18-10-4-7(13)8(14)5-9(10)16-12(18)15/h4-6H,1-3H3,(H2,15,16). The number of nitrogen functional groups attached to an aromatic ring is 1. The van der Waals surface area contributed by atoms with Crippen molar-refractivity contribution in [2.45, 2.75) is 13.0 Å². The summed E-state index contributed by atoms with van der Waals surface area (Å²) in [5, 5.41) is 0. The molecule has 0 fully saturated rings. The van der Waals surface area contributed by atoms with Crippen LogP contribution in [-0.2, 0) is 4.79 Å². The summed E-state index contributed by atoms with van der Waals surface area (Å²) >= 11 is 1.89. The van der Waals surface area contributed by atoms with E-state index in [4.69, 9.17) is 5.73 Å². The number of carbonyl (C=O) groups is 1. The minimum absolute atomic E-state index is 0.120. The topological polar surface area (TPSA) is 64.2 Å². The van der Waals surface area contributed by atoms with Gasteiger partial charge in [0, 0.05) is 20.2 Å². The van der Waals surface area contributed by atoms with Crippen LogP contribution >= 0.6 is 22.6 Å². The number of aromatic nitrogens is 2. The summed E-state index contributed by atoms with van der Waals surface area (Å²) < 4.78 is 15.7. The van der Waals surface area contributed by atoms with Crippen molar-refractivity contribution in [3.05, 3.63) is 21.5 Å². The number of halogens is 2. The Balaban J connectivity index is 2.63. The highest BCUT2D eigenvalue weighted by molar-refractivity contribution is 14.1. The summed E-state index contributed by atoms with van der Waals surface area (Å²) in [6.45, 7) is 1.72. The first-order valence-corrected chi connectivity index (χ1v) is 6.74. The number of hydrogen-bond donors (Lipinski definition) is 1. The SMILES string of the molecule is CC(C(=O)N(C)C)n1c(N)nc2cc(I)c(F)cc21. The largest absolute Gasteiger partial charge is 0.369 e. The zero-order valence-corrected chi connectivity index (χ0v) is 13.0. The molecular formula is C12H14FIN4O. The van der Waals surface area contributed by atoms with E-state index in [1.807, 2.05) is 22.6 Å². The number of nitrogens with zero attached hydrogens (tertiary/aromatic N) is 3. The minimum Gasteiger partial charge on any atom is -0.369 e. The predicted octanol–water partition coefficient (Wildman–Crippen LogP) is 2.01. The lowest BCUT2D eigenvalue weighted by molar-refractivity contribution is -0.131. The van der Waals surface area contributed by atoms with Gasteiger partial charge in [0.25, 0.3) is 0 Å². The number of anilines is 1. The maximum Gasteiger partial charge on any atom is 0.244 e. The fraction of sp³-hybridized carbons (Fsp3) is 0.333. The molecule has 1 atom stereocenters. The van der Waals surface area contributed by atoms with E-state index in [1.54, 1.807) is 31.7 Å². The Labute approximate surface area is 123 Å². The second-order valence-electron chi connectivity index (χ2n) is 4.50. The van der Waals surface area contributed by atoms with Crippen LogP contribution in [-0.4, -0.2) is 34.5 Å². The van der Waals surface area contributed by atoms with Gasteiger partial charge in [0.05, 0.1) is 14.6 Å². The molecule has 2 rings (SSSR count). The van der Waals surface area contributed by atoms with Crippen LogP contribution in [0.3, 0.4) is 0 Å². The minimum atomic E-state index is -0.528. The molecule has 0 aliphatic heterocycles. The zero-order valence-electron chi connectivity index (χ0n) is 10.8. The van der Waals surface area contributed by atoms with E-state index in [0.717, 1.165) is 0 Å². The summed E-state index contributed by atoms with van der Waals surface area (Å²) in [6, 6.07) is 2.45. The third-order valence-electron chi connectivity index (χ3n) is 2.94. The molecule has 0 saturated carbocycles. The zero-order chi connectivity index (χ0) is 14.3. The lowest BCUT2D eigenvalue weighted by Crippen LogP contribution is -2.30. The van der Waals surface area contributed by atoms with Gasteiger partial charge in [-0.05, 0) is 35.6 Å². The van der Waals surface area contributed by atoms with Crippen LogP contribution in [0, 0.1) is 9.39 Å². The Morgan fingerprint density at radius 1 is 1.53 bits per heavy atom. The number of nitrogens with two attached hydrogens (primary N) is 1. The predicted molar refractivity (Wildman–Crippen MR) is 80.2 cm³/mol. The number of likely N-dealkylation sites (N-methyl/N-ethyl adjacent to an activating group) is 1. The number of fused-ring (bicyclic) bond motifs is 1. The van der Waals surface area contributed by atoms with Gasteiger partial charge in [-0.3, -0.25) is 9.36 Å². The van der Waals surface area contributed by atoms with Crippen LogP contribution in [0.1, 0.15) is 13.0 Å². The van der Waals surface area contributed by atoms with Gasteiger partial charge in [0.2, 0.25) is 11.9 Å². The van der Waals surface area contributed by atoms with Crippen LogP contribution < -0.4 is 5.73 Å². The number of rotatable bonds is 2. The van der Waals surface area contributed by atoms with Gasteiger partial charge in [0.1, 0.15) is 11.9 Å². The summed E-state index contributed by atoms with van der Waals surface area (Å²) in [4.78, 5) is 17.7. The Bertz CT molecular complexity index is 653. The third-order valence-corrected chi connectivity index (χ3v) is 3.77. The first kappa shape index (κ1) is 14.0. The lowest BCUT2D eigenvalue weighted by atomic mass is 10.2. The van der Waals surface area contributed by atoms with Crippen LogP contribution in [0.15, 0.2) is 12.1 Å². The Hall–Kier alpha value is -1.38. The number of benzene rings is 1. The van der Waals surface area contributed by atoms with E-state index in [-0.39, 0.29) is 17.7 Å². The Kier molecular flexibility index (Phi) is 3.66. The molecule has 0 aliphatic carbocycles.